The molecule has 0 aliphatic heterocycles. The van der Waals surface area contributed by atoms with Gasteiger partial charge in [0.15, 0.2) is 5.16 Å². The van der Waals surface area contributed by atoms with E-state index in [0.717, 1.165) is 27.5 Å². The number of anilines is 2. The predicted molar refractivity (Wildman–Crippen MR) is 87.5 cm³/mol. The molecule has 110 valence electrons. The summed E-state index contributed by atoms with van der Waals surface area (Å²) in [5.74, 6) is 0.0722. The summed E-state index contributed by atoms with van der Waals surface area (Å²) in [6, 6.07) is 6.78. The molecule has 0 saturated carbocycles. The molecule has 1 aromatic heterocycles. The van der Waals surface area contributed by atoms with Crippen molar-refractivity contribution in [3.05, 3.63) is 44.7 Å². The van der Waals surface area contributed by atoms with Crippen LogP contribution in [-0.2, 0) is 4.79 Å². The fourth-order valence-corrected chi connectivity index (χ4v) is 2.77. The third-order valence-electron chi connectivity index (χ3n) is 2.54. The number of benzene rings is 1. The summed E-state index contributed by atoms with van der Waals surface area (Å²) in [5.41, 5.74) is 6.84. The minimum atomic E-state index is -0.339. The number of nitrogens with one attached hydrogen (secondary N) is 2. The molecule has 0 radical (unpaired) electrons. The Morgan fingerprint density at radius 2 is 2.24 bits per heavy atom. The van der Waals surface area contributed by atoms with Crippen LogP contribution in [0.2, 0.25) is 0 Å². The van der Waals surface area contributed by atoms with Crippen LogP contribution in [0.3, 0.4) is 0 Å². The van der Waals surface area contributed by atoms with Crippen molar-refractivity contribution in [3.8, 4) is 0 Å². The fraction of sp³-hybridized carbons (Fsp3) is 0.154. The quantitative estimate of drug-likeness (QED) is 0.566. The van der Waals surface area contributed by atoms with E-state index in [1.165, 1.54) is 6.07 Å². The maximum atomic E-state index is 11.9. The van der Waals surface area contributed by atoms with Crippen molar-refractivity contribution >= 4 is 45.1 Å². The van der Waals surface area contributed by atoms with E-state index in [1.807, 2.05) is 25.1 Å². The molecule has 0 aliphatic rings. The van der Waals surface area contributed by atoms with Crippen LogP contribution >= 0.6 is 27.7 Å². The first-order chi connectivity index (χ1) is 9.94. The highest BCUT2D eigenvalue weighted by atomic mass is 79.9. The van der Waals surface area contributed by atoms with E-state index >= 15 is 0 Å². The number of halogens is 1. The van der Waals surface area contributed by atoms with Crippen molar-refractivity contribution in [1.82, 2.24) is 9.97 Å². The zero-order chi connectivity index (χ0) is 15.4. The number of hydrogen-bond donors (Lipinski definition) is 3. The van der Waals surface area contributed by atoms with Crippen LogP contribution in [0.5, 0.6) is 0 Å². The lowest BCUT2D eigenvalue weighted by atomic mass is 10.2. The minimum Gasteiger partial charge on any atom is -0.383 e. The molecule has 6 nitrogen and oxygen atoms in total. The molecule has 0 spiro atoms. The second-order valence-corrected chi connectivity index (χ2v) is 6.15. The lowest BCUT2D eigenvalue weighted by molar-refractivity contribution is -0.113. The summed E-state index contributed by atoms with van der Waals surface area (Å²) < 4.78 is 0.953. The van der Waals surface area contributed by atoms with Gasteiger partial charge in [0.25, 0.3) is 5.56 Å². The van der Waals surface area contributed by atoms with Crippen molar-refractivity contribution in [2.45, 2.75) is 12.1 Å². The first-order valence-electron chi connectivity index (χ1n) is 5.99. The number of amides is 1. The second-order valence-electron chi connectivity index (χ2n) is 4.27. The second kappa shape index (κ2) is 6.77. The number of aryl methyl sites for hydroxylation is 1. The van der Waals surface area contributed by atoms with Gasteiger partial charge in [0.05, 0.1) is 5.75 Å². The summed E-state index contributed by atoms with van der Waals surface area (Å²) >= 11 is 4.48. The van der Waals surface area contributed by atoms with Crippen molar-refractivity contribution in [1.29, 1.82) is 0 Å². The van der Waals surface area contributed by atoms with Crippen molar-refractivity contribution in [2.24, 2.45) is 0 Å². The number of nitrogens with zero attached hydrogens (tertiary/aromatic N) is 1. The van der Waals surface area contributed by atoms with Crippen LogP contribution in [0.1, 0.15) is 5.56 Å². The highest BCUT2D eigenvalue weighted by Crippen LogP contribution is 2.20. The number of aromatic amines is 1. The minimum absolute atomic E-state index is 0.127. The Kier molecular flexibility index (Phi) is 5.03. The Morgan fingerprint density at radius 1 is 1.48 bits per heavy atom. The number of aromatic nitrogens is 2. The summed E-state index contributed by atoms with van der Waals surface area (Å²) in [4.78, 5) is 29.6. The molecule has 0 atom stereocenters. The molecule has 2 aromatic rings. The van der Waals surface area contributed by atoms with Crippen LogP contribution in [0.15, 0.2) is 38.7 Å². The van der Waals surface area contributed by atoms with Crippen LogP contribution in [0.25, 0.3) is 0 Å². The molecule has 0 bridgehead atoms. The van der Waals surface area contributed by atoms with Crippen LogP contribution in [-0.4, -0.2) is 21.6 Å². The molecule has 0 saturated heterocycles. The smallest absolute Gasteiger partial charge is 0.253 e. The number of nitrogens with two attached hydrogens (primary N) is 1. The molecule has 4 N–H and O–H groups in total. The molecular weight excluding hydrogens is 356 g/mol. The summed E-state index contributed by atoms with van der Waals surface area (Å²) in [6.07, 6.45) is 0. The average molecular weight is 369 g/mol. The maximum Gasteiger partial charge on any atom is 0.253 e. The van der Waals surface area contributed by atoms with Gasteiger partial charge in [-0.15, -0.1) is 0 Å². The highest BCUT2D eigenvalue weighted by molar-refractivity contribution is 9.10. The third-order valence-corrected chi connectivity index (χ3v) is 3.91. The molecule has 1 amide bonds. The predicted octanol–water partition coefficient (Wildman–Crippen LogP) is 2.15. The van der Waals surface area contributed by atoms with Gasteiger partial charge in [0.2, 0.25) is 5.91 Å². The van der Waals surface area contributed by atoms with E-state index in [9.17, 15) is 9.59 Å². The number of hydrogen-bond acceptors (Lipinski definition) is 5. The molecule has 2 rings (SSSR count). The summed E-state index contributed by atoms with van der Waals surface area (Å²) in [5, 5.41) is 3.13. The van der Waals surface area contributed by atoms with Crippen LogP contribution in [0, 0.1) is 6.92 Å². The number of carbonyl (C=O) groups is 1. The zero-order valence-corrected chi connectivity index (χ0v) is 13.5. The molecule has 1 heterocycles. The van der Waals surface area contributed by atoms with Crippen molar-refractivity contribution in [3.63, 3.8) is 0 Å². The largest absolute Gasteiger partial charge is 0.383 e. The standard InChI is InChI=1S/C13H13BrN4O2S/c1-7-4-8(14)2-3-9(7)16-12(20)6-21-13-17-10(15)5-11(19)18-13/h2-5H,6H2,1H3,(H,16,20)(H3,15,17,18,19). The van der Waals surface area contributed by atoms with Gasteiger partial charge in [0.1, 0.15) is 5.82 Å². The number of H-pyrrole nitrogens is 1. The van der Waals surface area contributed by atoms with E-state index in [0.29, 0.717) is 5.16 Å². The highest BCUT2D eigenvalue weighted by Gasteiger charge is 2.07. The molecule has 8 heteroatoms. The Morgan fingerprint density at radius 3 is 2.90 bits per heavy atom. The van der Waals surface area contributed by atoms with Crippen molar-refractivity contribution < 1.29 is 4.79 Å². The average Bonchev–Trinajstić information content (AvgIpc) is 2.39. The van der Waals surface area contributed by atoms with Crippen LogP contribution in [0.4, 0.5) is 11.5 Å². The number of thioether (sulfide) groups is 1. The van der Waals surface area contributed by atoms with Gasteiger partial charge in [-0.05, 0) is 30.7 Å². The lowest BCUT2D eigenvalue weighted by Gasteiger charge is -2.08. The number of rotatable bonds is 4. The molecule has 0 aliphatic carbocycles. The lowest BCUT2D eigenvalue weighted by Crippen LogP contribution is -2.16. The number of nitrogen functional groups attached to an aromatic ring is 1. The molecule has 1 aromatic carbocycles. The van der Waals surface area contributed by atoms with Gasteiger partial charge >= 0.3 is 0 Å². The van der Waals surface area contributed by atoms with Gasteiger partial charge in [-0.3, -0.25) is 9.59 Å². The SMILES string of the molecule is Cc1cc(Br)ccc1NC(=O)CSc1nc(N)cc(=O)[nH]1. The van der Waals surface area contributed by atoms with E-state index in [-0.39, 0.29) is 23.0 Å². The van der Waals surface area contributed by atoms with Gasteiger partial charge < -0.3 is 16.0 Å². The molecular formula is C13H13BrN4O2S. The Bertz CT molecular complexity index is 732. The van der Waals surface area contributed by atoms with E-state index in [4.69, 9.17) is 5.73 Å². The van der Waals surface area contributed by atoms with E-state index < -0.39 is 0 Å². The van der Waals surface area contributed by atoms with Gasteiger partial charge in [0, 0.05) is 16.2 Å². The third kappa shape index (κ3) is 4.61. The van der Waals surface area contributed by atoms with E-state index in [2.05, 4.69) is 31.2 Å². The van der Waals surface area contributed by atoms with Gasteiger partial charge in [-0.2, -0.15) is 0 Å². The van der Waals surface area contributed by atoms with Gasteiger partial charge in [-0.1, -0.05) is 27.7 Å². The topological polar surface area (TPSA) is 101 Å². The summed E-state index contributed by atoms with van der Waals surface area (Å²) in [6.45, 7) is 1.91. The maximum absolute atomic E-state index is 11.9. The molecule has 21 heavy (non-hydrogen) atoms. The summed E-state index contributed by atoms with van der Waals surface area (Å²) in [7, 11) is 0. The molecule has 0 unspecified atom stereocenters. The monoisotopic (exact) mass is 368 g/mol. The zero-order valence-electron chi connectivity index (χ0n) is 11.1. The number of carbonyl (C=O) groups excluding carboxylic acids is 1. The van der Waals surface area contributed by atoms with E-state index in [1.54, 1.807) is 0 Å². The Hall–Kier alpha value is -1.80. The molecule has 0 fully saturated rings. The van der Waals surface area contributed by atoms with Crippen LogP contribution < -0.4 is 16.6 Å². The Balaban J connectivity index is 1.97. The normalized spacial score (nSPS) is 10.4. The first-order valence-corrected chi connectivity index (χ1v) is 7.77. The van der Waals surface area contributed by atoms with Crippen molar-refractivity contribution in [2.75, 3.05) is 16.8 Å². The first kappa shape index (κ1) is 15.6. The van der Waals surface area contributed by atoms with Gasteiger partial charge in [-0.25, -0.2) is 4.98 Å². The Labute approximate surface area is 133 Å². The fourth-order valence-electron chi connectivity index (χ4n) is 1.61.